The predicted octanol–water partition coefficient (Wildman–Crippen LogP) is -3.13. The smallest absolute Gasteiger partial charge is 0.119 e. The molecular weight excluding hydrogens is 314 g/mol. The van der Waals surface area contributed by atoms with Gasteiger partial charge in [-0.05, 0) is 17.5 Å². The molecule has 0 unspecified atom stereocenters. The fourth-order valence-corrected chi connectivity index (χ4v) is 0.976. The molecule has 1 N–H and O–H groups in total. The molecule has 1 aromatic rings. The van der Waals surface area contributed by atoms with Crippen molar-refractivity contribution in [2.45, 2.75) is 19.8 Å². The second-order valence-electron chi connectivity index (χ2n) is 3.61. The van der Waals surface area contributed by atoms with Gasteiger partial charge in [0, 0.05) is 0 Å². The lowest BCUT2D eigenvalue weighted by molar-refractivity contribution is -0.434. The lowest BCUT2D eigenvalue weighted by Gasteiger charge is -2.36. The first kappa shape index (κ1) is 21.5. The second kappa shape index (κ2) is 9.23. The SMILES string of the molecule is CC(C)c1ccccc1O.O=P([O-])([O-])[O-].O=P([O-])([O-])[O-]. The molecule has 9 nitrogen and oxygen atoms in total. The van der Waals surface area contributed by atoms with Crippen LogP contribution in [0.25, 0.3) is 0 Å². The van der Waals surface area contributed by atoms with Gasteiger partial charge in [-0.2, -0.15) is 15.6 Å². The highest BCUT2D eigenvalue weighted by Gasteiger charge is 2.01. The van der Waals surface area contributed by atoms with Crippen molar-refractivity contribution in [2.75, 3.05) is 0 Å². The van der Waals surface area contributed by atoms with Crippen molar-refractivity contribution < 1.29 is 43.6 Å². The fraction of sp³-hybridized carbons (Fsp3) is 0.333. The number of rotatable bonds is 1. The van der Waals surface area contributed by atoms with Crippen molar-refractivity contribution in [3.05, 3.63) is 29.8 Å². The van der Waals surface area contributed by atoms with Gasteiger partial charge in [0.2, 0.25) is 0 Å². The molecule has 0 amide bonds. The minimum Gasteiger partial charge on any atom is -0.822 e. The molecule has 0 radical (unpaired) electrons. The Morgan fingerprint density at radius 1 is 0.900 bits per heavy atom. The second-order valence-corrected chi connectivity index (χ2v) is 5.40. The number of para-hydroxylation sites is 1. The lowest BCUT2D eigenvalue weighted by atomic mass is 10.0. The highest BCUT2D eigenvalue weighted by atomic mass is 31.2. The van der Waals surface area contributed by atoms with Gasteiger partial charge in [0.15, 0.2) is 0 Å². The van der Waals surface area contributed by atoms with Crippen molar-refractivity contribution in [2.24, 2.45) is 0 Å². The van der Waals surface area contributed by atoms with Gasteiger partial charge in [-0.1, -0.05) is 32.0 Å². The zero-order chi connectivity index (χ0) is 16.6. The summed E-state index contributed by atoms with van der Waals surface area (Å²) in [5.41, 5.74) is 1.02. The quantitative estimate of drug-likeness (QED) is 0.519. The average Bonchev–Trinajstić information content (AvgIpc) is 2.12. The molecule has 118 valence electrons. The van der Waals surface area contributed by atoms with Gasteiger partial charge in [-0.15, -0.1) is 0 Å². The Kier molecular flexibility index (Phi) is 9.94. The number of phenols is 1. The molecule has 0 spiro atoms. The molecule has 0 aliphatic carbocycles. The molecule has 0 aromatic heterocycles. The summed E-state index contributed by atoms with van der Waals surface area (Å²) in [4.78, 5) is 51.3. The minimum absolute atomic E-state index is 0.400. The third-order valence-corrected chi connectivity index (χ3v) is 1.56. The van der Waals surface area contributed by atoms with E-state index in [0.717, 1.165) is 5.56 Å². The Hall–Kier alpha value is -0.760. The molecule has 0 bridgehead atoms. The number of hydrogen-bond donors (Lipinski definition) is 1. The number of benzene rings is 1. The van der Waals surface area contributed by atoms with Crippen molar-refractivity contribution in [3.8, 4) is 5.75 Å². The van der Waals surface area contributed by atoms with E-state index in [-0.39, 0.29) is 0 Å². The highest BCUT2D eigenvalue weighted by Crippen LogP contribution is 2.23. The maximum absolute atomic E-state index is 9.28. The molecule has 0 saturated carbocycles. The Morgan fingerprint density at radius 2 is 1.20 bits per heavy atom. The molecule has 20 heavy (non-hydrogen) atoms. The topological polar surface area (TPSA) is 193 Å². The normalized spacial score (nSPS) is 11.1. The van der Waals surface area contributed by atoms with Gasteiger partial charge in [-0.25, -0.2) is 0 Å². The fourth-order valence-electron chi connectivity index (χ4n) is 0.976. The van der Waals surface area contributed by atoms with Crippen LogP contribution in [0.4, 0.5) is 0 Å². The van der Waals surface area contributed by atoms with Crippen molar-refractivity contribution >= 4 is 15.6 Å². The van der Waals surface area contributed by atoms with Gasteiger partial charge in [0.05, 0.1) is 0 Å². The lowest BCUT2D eigenvalue weighted by Crippen LogP contribution is -2.24. The first-order valence-electron chi connectivity index (χ1n) is 4.95. The van der Waals surface area contributed by atoms with E-state index in [0.29, 0.717) is 11.7 Å². The van der Waals surface area contributed by atoms with Crippen LogP contribution in [-0.2, 0) is 9.13 Å². The van der Waals surface area contributed by atoms with Crippen LogP contribution in [0.2, 0.25) is 0 Å². The van der Waals surface area contributed by atoms with Crippen LogP contribution in [0.1, 0.15) is 25.3 Å². The molecule has 0 aliphatic heterocycles. The van der Waals surface area contributed by atoms with E-state index < -0.39 is 15.6 Å². The predicted molar refractivity (Wildman–Crippen MR) is 57.4 cm³/mol. The summed E-state index contributed by atoms with van der Waals surface area (Å²) < 4.78 is 17.1. The molecule has 0 aliphatic rings. The molecule has 0 saturated heterocycles. The Balaban J connectivity index is 0. The van der Waals surface area contributed by atoms with Crippen LogP contribution < -0.4 is 29.4 Å². The maximum atomic E-state index is 9.28. The zero-order valence-electron chi connectivity index (χ0n) is 10.5. The minimum atomic E-state index is -5.39. The van der Waals surface area contributed by atoms with Crippen LogP contribution in [-0.4, -0.2) is 5.11 Å². The van der Waals surface area contributed by atoms with Crippen LogP contribution in [0.5, 0.6) is 5.75 Å². The molecule has 0 atom stereocenters. The Labute approximate surface area is 115 Å². The summed E-state index contributed by atoms with van der Waals surface area (Å²) in [6.45, 7) is 4.13. The van der Waals surface area contributed by atoms with Gasteiger partial charge < -0.3 is 43.6 Å². The summed E-state index contributed by atoms with van der Waals surface area (Å²) >= 11 is 0. The van der Waals surface area contributed by atoms with Gasteiger partial charge in [0.1, 0.15) is 5.75 Å². The van der Waals surface area contributed by atoms with Crippen LogP contribution in [0.3, 0.4) is 0 Å². The largest absolute Gasteiger partial charge is 0.822 e. The average molecular weight is 326 g/mol. The highest BCUT2D eigenvalue weighted by molar-refractivity contribution is 7.40. The third-order valence-electron chi connectivity index (χ3n) is 1.56. The summed E-state index contributed by atoms with van der Waals surface area (Å²) in [5, 5.41) is 9.28. The zero-order valence-corrected chi connectivity index (χ0v) is 12.3. The molecule has 1 rings (SSSR count). The molecular formula is C9H12O9P2-6. The third kappa shape index (κ3) is 22.4. The van der Waals surface area contributed by atoms with E-state index in [2.05, 4.69) is 13.8 Å². The summed E-state index contributed by atoms with van der Waals surface area (Å²) in [6.07, 6.45) is 0. The standard InChI is InChI=1S/C9H12O.2H3O4P/c1-7(2)8-5-3-4-6-9(8)10;2*1-5(2,3)4/h3-7,10H,1-2H3;2*(H3,1,2,3,4)/p-6. The number of phenolic OH excluding ortho intramolecular Hbond substituents is 1. The van der Waals surface area contributed by atoms with Crippen molar-refractivity contribution in [1.29, 1.82) is 0 Å². The number of phosphoric acid groups is 2. The molecule has 0 fully saturated rings. The molecule has 11 heteroatoms. The Bertz CT molecular complexity index is 440. The van der Waals surface area contributed by atoms with Crippen LogP contribution in [0.15, 0.2) is 24.3 Å². The number of aromatic hydroxyl groups is 1. The van der Waals surface area contributed by atoms with E-state index in [1.54, 1.807) is 6.07 Å². The van der Waals surface area contributed by atoms with E-state index >= 15 is 0 Å². The van der Waals surface area contributed by atoms with E-state index in [4.69, 9.17) is 38.5 Å². The van der Waals surface area contributed by atoms with Gasteiger partial charge in [-0.3, -0.25) is 0 Å². The monoisotopic (exact) mass is 326 g/mol. The van der Waals surface area contributed by atoms with Gasteiger partial charge in [0.25, 0.3) is 0 Å². The van der Waals surface area contributed by atoms with E-state index in [1.165, 1.54) is 0 Å². The van der Waals surface area contributed by atoms with Crippen molar-refractivity contribution in [3.63, 3.8) is 0 Å². The molecule has 0 heterocycles. The first-order chi connectivity index (χ1) is 8.72. The summed E-state index contributed by atoms with van der Waals surface area (Å²) in [7, 11) is -10.8. The van der Waals surface area contributed by atoms with Crippen molar-refractivity contribution in [1.82, 2.24) is 0 Å². The Morgan fingerprint density at radius 3 is 1.40 bits per heavy atom. The maximum Gasteiger partial charge on any atom is 0.119 e. The van der Waals surface area contributed by atoms with E-state index in [9.17, 15) is 5.11 Å². The van der Waals surface area contributed by atoms with Crippen LogP contribution >= 0.6 is 15.6 Å². The molecule has 1 aromatic carbocycles. The van der Waals surface area contributed by atoms with E-state index in [1.807, 2.05) is 18.2 Å². The van der Waals surface area contributed by atoms with Crippen LogP contribution in [0, 0.1) is 0 Å². The summed E-state index contributed by atoms with van der Waals surface area (Å²) in [6, 6.07) is 7.44. The van der Waals surface area contributed by atoms with Gasteiger partial charge >= 0.3 is 0 Å². The first-order valence-corrected chi connectivity index (χ1v) is 7.88. The number of hydrogen-bond acceptors (Lipinski definition) is 9. The summed E-state index contributed by atoms with van der Waals surface area (Å²) in [5.74, 6) is 0.804.